The number of H-pyrrole nitrogens is 1. The van der Waals surface area contributed by atoms with E-state index in [4.69, 9.17) is 15.2 Å². The summed E-state index contributed by atoms with van der Waals surface area (Å²) in [6, 6.07) is 16.8. The number of nitrogen functional groups attached to an aromatic ring is 1. The van der Waals surface area contributed by atoms with Crippen LogP contribution in [0, 0.1) is 0 Å². The number of phenolic OH excluding ortho intramolecular Hbond substituents is 1. The number of anilines is 1. The number of ether oxygens (including phenoxy) is 2. The first-order valence-corrected chi connectivity index (χ1v) is 11.5. The minimum atomic E-state index is -1.15. The molecule has 3 aromatic carbocycles. The quantitative estimate of drug-likeness (QED) is 0.233. The Kier molecular flexibility index (Phi) is 7.40. The lowest BCUT2D eigenvalue weighted by molar-refractivity contribution is -0.591. The van der Waals surface area contributed by atoms with E-state index in [9.17, 15) is 19.8 Å². The van der Waals surface area contributed by atoms with Crippen LogP contribution in [0.5, 0.6) is 17.2 Å². The number of nitrogens with two attached hydrogens (primary N) is 2. The first-order valence-electron chi connectivity index (χ1n) is 11.5. The molecule has 1 heterocycles. The summed E-state index contributed by atoms with van der Waals surface area (Å²) >= 11 is 0. The first-order chi connectivity index (χ1) is 17.8. The Hall–Kier alpha value is -4.83. The molecule has 37 heavy (non-hydrogen) atoms. The zero-order valence-electron chi connectivity index (χ0n) is 20.3. The molecule has 0 spiro atoms. The van der Waals surface area contributed by atoms with E-state index in [1.54, 1.807) is 30.6 Å². The van der Waals surface area contributed by atoms with E-state index in [1.807, 2.05) is 31.2 Å². The van der Waals surface area contributed by atoms with Crippen molar-refractivity contribution in [2.75, 3.05) is 19.5 Å². The summed E-state index contributed by atoms with van der Waals surface area (Å²) in [7, 11) is 1.60. The lowest BCUT2D eigenvalue weighted by Crippen LogP contribution is -2.77. The molecule has 0 saturated carbocycles. The predicted octanol–water partition coefficient (Wildman–Crippen LogP) is 2.89. The maximum Gasteiger partial charge on any atom is 0.335 e. The van der Waals surface area contributed by atoms with Gasteiger partial charge in [-0.2, -0.15) is 4.98 Å². The molecule has 1 aromatic heterocycles. The maximum atomic E-state index is 12.6. The highest BCUT2D eigenvalue weighted by molar-refractivity contribution is 5.90. The molecule has 0 aliphatic rings. The number of quaternary nitrogens is 1. The molecule has 10 heteroatoms. The Morgan fingerprint density at radius 3 is 2.51 bits per heavy atom. The number of phenols is 1. The van der Waals surface area contributed by atoms with Gasteiger partial charge in [-0.1, -0.05) is 6.07 Å². The highest BCUT2D eigenvalue weighted by Gasteiger charge is 2.18. The third kappa shape index (κ3) is 5.71. The highest BCUT2D eigenvalue weighted by atomic mass is 16.5. The fourth-order valence-electron chi connectivity index (χ4n) is 3.83. The molecule has 0 unspecified atom stereocenters. The molecule has 0 amide bonds. The minimum absolute atomic E-state index is 0.00722. The lowest BCUT2D eigenvalue weighted by atomic mass is 10.00. The van der Waals surface area contributed by atoms with Gasteiger partial charge < -0.3 is 30.4 Å². The smallest absolute Gasteiger partial charge is 0.335 e. The second-order valence-corrected chi connectivity index (χ2v) is 8.19. The Morgan fingerprint density at radius 1 is 1.08 bits per heavy atom. The van der Waals surface area contributed by atoms with Gasteiger partial charge in [0.25, 0.3) is 11.4 Å². The summed E-state index contributed by atoms with van der Waals surface area (Å²) in [4.78, 5) is 31.4. The third-order valence-corrected chi connectivity index (χ3v) is 5.71. The summed E-state index contributed by atoms with van der Waals surface area (Å²) < 4.78 is 11.0. The van der Waals surface area contributed by atoms with Crippen LogP contribution in [0.4, 0.5) is 11.5 Å². The number of carbonyl (C=O) groups is 1. The van der Waals surface area contributed by atoms with Crippen molar-refractivity contribution >= 4 is 17.5 Å². The molecule has 10 nitrogen and oxygen atoms in total. The molecular formula is C27H27N4O6+. The Bertz CT molecular complexity index is 1500. The second kappa shape index (κ2) is 10.8. The number of aromatic amines is 1. The molecule has 0 fully saturated rings. The van der Waals surface area contributed by atoms with E-state index in [-0.39, 0.29) is 22.8 Å². The number of methoxy groups -OCH3 is 1. The first kappa shape index (κ1) is 25.3. The molecular weight excluding hydrogens is 476 g/mol. The zero-order valence-corrected chi connectivity index (χ0v) is 20.3. The zero-order chi connectivity index (χ0) is 26.5. The molecule has 0 saturated heterocycles. The number of rotatable bonds is 9. The van der Waals surface area contributed by atoms with Crippen molar-refractivity contribution < 1.29 is 29.8 Å². The molecule has 0 aliphatic carbocycles. The number of aromatic carboxylic acids is 1. The van der Waals surface area contributed by atoms with Crippen LogP contribution in [0.25, 0.3) is 22.5 Å². The van der Waals surface area contributed by atoms with Gasteiger partial charge in [-0.15, -0.1) is 0 Å². The van der Waals surface area contributed by atoms with Gasteiger partial charge in [-0.05, 0) is 72.6 Å². The van der Waals surface area contributed by atoms with E-state index < -0.39 is 11.5 Å². The van der Waals surface area contributed by atoms with Crippen LogP contribution in [0.3, 0.4) is 0 Å². The Balaban J connectivity index is 1.70. The van der Waals surface area contributed by atoms with Gasteiger partial charge in [0.15, 0.2) is 5.69 Å². The van der Waals surface area contributed by atoms with Crippen LogP contribution < -0.4 is 26.1 Å². The number of aromatic hydroxyl groups is 1. The largest absolute Gasteiger partial charge is 0.508 e. The van der Waals surface area contributed by atoms with Crippen molar-refractivity contribution in [3.63, 3.8) is 0 Å². The van der Waals surface area contributed by atoms with Crippen LogP contribution in [0.1, 0.15) is 22.8 Å². The van der Waals surface area contributed by atoms with Crippen LogP contribution >= 0.6 is 0 Å². The lowest BCUT2D eigenvalue weighted by Gasteiger charge is -2.13. The second-order valence-electron chi connectivity index (χ2n) is 8.19. The summed E-state index contributed by atoms with van der Waals surface area (Å²) in [6.45, 7) is 2.66. The van der Waals surface area contributed by atoms with Crippen LogP contribution in [0.2, 0.25) is 0 Å². The fourth-order valence-corrected chi connectivity index (χ4v) is 3.83. The maximum absolute atomic E-state index is 12.6. The Labute approximate surface area is 212 Å². The molecule has 0 aliphatic heterocycles. The fraction of sp³-hybridized carbons (Fsp3) is 0.148. The SMILES string of the molecule is CCOc1cc(-c2cc(O)cc(C(=O)O)c2)ccc1-c1nc([NH2+]Cc2ccc(OC)cc2)c(N)c(=O)[nH]1. The molecule has 7 N–H and O–H groups in total. The number of hydrogen-bond acceptors (Lipinski definition) is 7. The van der Waals surface area contributed by atoms with Gasteiger partial charge in [-0.25, -0.2) is 4.79 Å². The van der Waals surface area contributed by atoms with Gasteiger partial charge in [0.05, 0.1) is 24.8 Å². The number of hydrogen-bond donors (Lipinski definition) is 5. The van der Waals surface area contributed by atoms with Gasteiger partial charge in [0.1, 0.15) is 29.6 Å². The van der Waals surface area contributed by atoms with Crippen molar-refractivity contribution in [1.82, 2.24) is 9.97 Å². The molecule has 0 bridgehead atoms. The number of nitrogens with one attached hydrogen (secondary N) is 1. The van der Waals surface area contributed by atoms with Gasteiger partial charge >= 0.3 is 5.97 Å². The molecule has 4 aromatic rings. The van der Waals surface area contributed by atoms with Crippen molar-refractivity contribution in [2.45, 2.75) is 13.5 Å². The molecule has 190 valence electrons. The van der Waals surface area contributed by atoms with E-state index in [0.717, 1.165) is 11.3 Å². The molecule has 0 radical (unpaired) electrons. The number of benzene rings is 3. The van der Waals surface area contributed by atoms with Crippen LogP contribution in [0.15, 0.2) is 65.5 Å². The third-order valence-electron chi connectivity index (χ3n) is 5.71. The summed E-state index contributed by atoms with van der Waals surface area (Å²) in [5.41, 5.74) is 8.16. The van der Waals surface area contributed by atoms with E-state index in [1.165, 1.54) is 18.2 Å². The topological polar surface area (TPSA) is 164 Å². The van der Waals surface area contributed by atoms with Gasteiger partial charge in [0, 0.05) is 5.56 Å². The van der Waals surface area contributed by atoms with Gasteiger partial charge in [-0.3, -0.25) is 10.1 Å². The summed E-state index contributed by atoms with van der Waals surface area (Å²) in [6.07, 6.45) is 0. The minimum Gasteiger partial charge on any atom is -0.508 e. The van der Waals surface area contributed by atoms with Crippen molar-refractivity contribution in [1.29, 1.82) is 0 Å². The highest BCUT2D eigenvalue weighted by Crippen LogP contribution is 2.34. The molecule has 0 atom stereocenters. The molecule has 4 rings (SSSR count). The van der Waals surface area contributed by atoms with Crippen molar-refractivity contribution in [3.8, 4) is 39.8 Å². The number of carboxylic acid groups (broad SMARTS) is 1. The normalized spacial score (nSPS) is 10.8. The Morgan fingerprint density at radius 2 is 1.84 bits per heavy atom. The number of nitrogens with zero attached hydrogens (tertiary/aromatic N) is 1. The number of aromatic nitrogens is 2. The number of carboxylic acids is 1. The van der Waals surface area contributed by atoms with E-state index in [0.29, 0.717) is 41.4 Å². The van der Waals surface area contributed by atoms with Crippen LogP contribution in [-0.4, -0.2) is 39.9 Å². The summed E-state index contributed by atoms with van der Waals surface area (Å²) in [5, 5.41) is 21.1. The van der Waals surface area contributed by atoms with Crippen molar-refractivity contribution in [3.05, 3.63) is 82.1 Å². The van der Waals surface area contributed by atoms with Crippen molar-refractivity contribution in [2.24, 2.45) is 0 Å². The monoisotopic (exact) mass is 503 g/mol. The van der Waals surface area contributed by atoms with E-state index in [2.05, 4.69) is 9.97 Å². The van der Waals surface area contributed by atoms with Gasteiger partial charge in [0.2, 0.25) is 0 Å². The van der Waals surface area contributed by atoms with Crippen LogP contribution in [-0.2, 0) is 6.54 Å². The average Bonchev–Trinajstić information content (AvgIpc) is 2.89. The average molecular weight is 504 g/mol. The predicted molar refractivity (Wildman–Crippen MR) is 138 cm³/mol. The summed E-state index contributed by atoms with van der Waals surface area (Å²) in [5.74, 6) is 0.475. The van der Waals surface area contributed by atoms with E-state index >= 15 is 0 Å². The standard InChI is InChI=1S/C27H26N4O6/c1-3-37-22-13-16(17-10-18(27(34)35)12-19(32)11-17)6-9-21(22)24-30-25(23(28)26(33)31-24)29-14-15-4-7-20(36-2)8-5-15/h4-13,32H,3,14,28H2,1-2H3,(H,34,35)(H2,29,30,31,33)/p+1.